The van der Waals surface area contributed by atoms with Gasteiger partial charge in [0.25, 0.3) is 0 Å². The van der Waals surface area contributed by atoms with Gasteiger partial charge in [-0.2, -0.15) is 0 Å². The molecule has 1 fully saturated rings. The van der Waals surface area contributed by atoms with Gasteiger partial charge in [0.05, 0.1) is 5.56 Å². The van der Waals surface area contributed by atoms with Crippen LogP contribution >= 0.6 is 0 Å². The van der Waals surface area contributed by atoms with E-state index < -0.39 is 5.97 Å². The summed E-state index contributed by atoms with van der Waals surface area (Å²) in [6.07, 6.45) is -0.384. The van der Waals surface area contributed by atoms with Crippen LogP contribution in [-0.2, 0) is 9.47 Å². The van der Waals surface area contributed by atoms with Crippen molar-refractivity contribution in [1.29, 1.82) is 0 Å². The molecule has 0 unspecified atom stereocenters. The van der Waals surface area contributed by atoms with Crippen LogP contribution < -0.4 is 0 Å². The molecular weight excluding hydrogens is 222 g/mol. The number of esters is 1. The first-order valence-electron chi connectivity index (χ1n) is 5.30. The summed E-state index contributed by atoms with van der Waals surface area (Å²) in [7, 11) is 1.62. The number of likely N-dealkylation sites (N-methyl/N-ethyl adjacent to an activating group) is 1. The van der Waals surface area contributed by atoms with Gasteiger partial charge in [0.1, 0.15) is 19.3 Å². The summed E-state index contributed by atoms with van der Waals surface area (Å²) >= 11 is 0. The molecule has 90 valence electrons. The van der Waals surface area contributed by atoms with E-state index in [9.17, 15) is 9.59 Å². The Morgan fingerprint density at radius 3 is 2.76 bits per heavy atom. The number of hydrogen-bond donors (Lipinski definition) is 0. The Morgan fingerprint density at radius 1 is 1.47 bits per heavy atom. The van der Waals surface area contributed by atoms with Crippen molar-refractivity contribution < 1.29 is 19.1 Å². The second kappa shape index (κ2) is 4.86. The van der Waals surface area contributed by atoms with Gasteiger partial charge >= 0.3 is 12.1 Å². The van der Waals surface area contributed by atoms with Gasteiger partial charge in [0, 0.05) is 7.05 Å². The van der Waals surface area contributed by atoms with Crippen LogP contribution in [0.2, 0.25) is 0 Å². The number of nitrogens with zero attached hydrogens (tertiary/aromatic N) is 1. The highest BCUT2D eigenvalue weighted by molar-refractivity contribution is 5.89. The fourth-order valence-corrected chi connectivity index (χ4v) is 1.52. The van der Waals surface area contributed by atoms with Gasteiger partial charge in [0.15, 0.2) is 0 Å². The van der Waals surface area contributed by atoms with Crippen molar-refractivity contribution in [3.8, 4) is 0 Å². The van der Waals surface area contributed by atoms with Crippen LogP contribution in [0, 0.1) is 0 Å². The molecule has 2 rings (SSSR count). The van der Waals surface area contributed by atoms with E-state index in [2.05, 4.69) is 0 Å². The molecule has 0 aliphatic carbocycles. The minimum atomic E-state index is -0.390. The third kappa shape index (κ3) is 2.55. The first kappa shape index (κ1) is 11.4. The molecule has 1 saturated heterocycles. The number of rotatable bonds is 3. The Labute approximate surface area is 98.9 Å². The van der Waals surface area contributed by atoms with E-state index in [0.29, 0.717) is 5.56 Å². The number of hydrogen-bond acceptors (Lipinski definition) is 4. The van der Waals surface area contributed by atoms with Crippen molar-refractivity contribution >= 4 is 12.1 Å². The lowest BCUT2D eigenvalue weighted by atomic mass is 10.2. The summed E-state index contributed by atoms with van der Waals surface area (Å²) in [5.41, 5.74) is 0.500. The lowest BCUT2D eigenvalue weighted by Gasteiger charge is -2.15. The summed E-state index contributed by atoms with van der Waals surface area (Å²) in [4.78, 5) is 24.1. The summed E-state index contributed by atoms with van der Waals surface area (Å²) < 4.78 is 9.93. The van der Waals surface area contributed by atoms with Crippen molar-refractivity contribution in [3.05, 3.63) is 35.9 Å². The lowest BCUT2D eigenvalue weighted by Crippen LogP contribution is -2.34. The van der Waals surface area contributed by atoms with Gasteiger partial charge in [-0.1, -0.05) is 18.2 Å². The topological polar surface area (TPSA) is 55.8 Å². The molecule has 1 aromatic rings. The van der Waals surface area contributed by atoms with Crippen LogP contribution in [-0.4, -0.2) is 43.3 Å². The van der Waals surface area contributed by atoms with E-state index in [0.717, 1.165) is 0 Å². The molecule has 0 radical (unpaired) electrons. The smallest absolute Gasteiger partial charge is 0.410 e. The Balaban J connectivity index is 1.87. The highest BCUT2D eigenvalue weighted by Gasteiger charge is 2.30. The predicted molar refractivity (Wildman–Crippen MR) is 59.6 cm³/mol. The molecule has 0 aromatic heterocycles. The van der Waals surface area contributed by atoms with Gasteiger partial charge in [-0.15, -0.1) is 0 Å². The van der Waals surface area contributed by atoms with Crippen molar-refractivity contribution in [1.82, 2.24) is 4.90 Å². The molecule has 1 heterocycles. The molecule has 0 spiro atoms. The van der Waals surface area contributed by atoms with Crippen molar-refractivity contribution in [2.24, 2.45) is 0 Å². The van der Waals surface area contributed by atoms with Crippen LogP contribution in [0.5, 0.6) is 0 Å². The Kier molecular flexibility index (Phi) is 3.27. The normalized spacial score (nSPS) is 19.0. The SMILES string of the molecule is CN1C(=O)OC[C@H]1COC(=O)c1ccccc1. The summed E-state index contributed by atoms with van der Waals surface area (Å²) in [5.74, 6) is -0.390. The number of cyclic esters (lactones) is 1. The molecule has 1 aromatic carbocycles. The number of amides is 1. The van der Waals surface area contributed by atoms with E-state index in [1.54, 1.807) is 31.3 Å². The van der Waals surface area contributed by atoms with E-state index in [1.807, 2.05) is 6.07 Å². The van der Waals surface area contributed by atoms with Crippen LogP contribution in [0.25, 0.3) is 0 Å². The van der Waals surface area contributed by atoms with Crippen molar-refractivity contribution in [3.63, 3.8) is 0 Å². The Morgan fingerprint density at radius 2 is 2.18 bits per heavy atom. The molecular formula is C12H13NO4. The number of carbonyl (C=O) groups is 2. The highest BCUT2D eigenvalue weighted by atomic mass is 16.6. The second-order valence-corrected chi connectivity index (χ2v) is 3.81. The van der Waals surface area contributed by atoms with Crippen molar-refractivity contribution in [2.45, 2.75) is 6.04 Å². The molecule has 1 atom stereocenters. The van der Waals surface area contributed by atoms with Gasteiger partial charge < -0.3 is 14.4 Å². The zero-order valence-electron chi connectivity index (χ0n) is 9.46. The second-order valence-electron chi connectivity index (χ2n) is 3.81. The van der Waals surface area contributed by atoms with E-state index >= 15 is 0 Å². The zero-order valence-corrected chi connectivity index (χ0v) is 9.46. The van der Waals surface area contributed by atoms with E-state index in [1.165, 1.54) is 4.90 Å². The molecule has 0 saturated carbocycles. The first-order chi connectivity index (χ1) is 8.18. The minimum absolute atomic E-state index is 0.149. The van der Waals surface area contributed by atoms with Crippen LogP contribution in [0.3, 0.4) is 0 Å². The number of ether oxygens (including phenoxy) is 2. The Hall–Kier alpha value is -2.04. The molecule has 1 aliphatic rings. The fraction of sp³-hybridized carbons (Fsp3) is 0.333. The molecule has 0 bridgehead atoms. The van der Waals surface area contributed by atoms with Gasteiger partial charge in [-0.25, -0.2) is 9.59 Å². The Bertz CT molecular complexity index is 418. The molecule has 17 heavy (non-hydrogen) atoms. The van der Waals surface area contributed by atoms with Crippen LogP contribution in [0.1, 0.15) is 10.4 Å². The predicted octanol–water partition coefficient (Wildman–Crippen LogP) is 1.29. The summed E-state index contributed by atoms with van der Waals surface area (Å²) in [6, 6.07) is 8.53. The number of benzene rings is 1. The third-order valence-electron chi connectivity index (χ3n) is 2.65. The summed E-state index contributed by atoms with van der Waals surface area (Å²) in [6.45, 7) is 0.410. The molecule has 1 aliphatic heterocycles. The fourth-order valence-electron chi connectivity index (χ4n) is 1.52. The van der Waals surface area contributed by atoms with Crippen LogP contribution in [0.15, 0.2) is 30.3 Å². The molecule has 1 amide bonds. The number of carbonyl (C=O) groups excluding carboxylic acids is 2. The first-order valence-corrected chi connectivity index (χ1v) is 5.30. The van der Waals surface area contributed by atoms with E-state index in [-0.39, 0.29) is 25.3 Å². The maximum Gasteiger partial charge on any atom is 0.410 e. The standard InChI is InChI=1S/C12H13NO4/c1-13-10(8-17-12(13)15)7-16-11(14)9-5-3-2-4-6-9/h2-6,10H,7-8H2,1H3/t10-/m1/s1. The summed E-state index contributed by atoms with van der Waals surface area (Å²) in [5, 5.41) is 0. The molecule has 0 N–H and O–H groups in total. The maximum atomic E-state index is 11.6. The van der Waals surface area contributed by atoms with Crippen molar-refractivity contribution in [2.75, 3.05) is 20.3 Å². The highest BCUT2D eigenvalue weighted by Crippen LogP contribution is 2.10. The van der Waals surface area contributed by atoms with E-state index in [4.69, 9.17) is 9.47 Å². The molecule has 5 nitrogen and oxygen atoms in total. The molecule has 5 heteroatoms. The largest absolute Gasteiger partial charge is 0.460 e. The average Bonchev–Trinajstić information content (AvgIpc) is 2.68. The van der Waals surface area contributed by atoms with Gasteiger partial charge in [0.2, 0.25) is 0 Å². The van der Waals surface area contributed by atoms with Crippen LogP contribution in [0.4, 0.5) is 4.79 Å². The van der Waals surface area contributed by atoms with Gasteiger partial charge in [-0.3, -0.25) is 0 Å². The minimum Gasteiger partial charge on any atom is -0.460 e. The average molecular weight is 235 g/mol. The lowest BCUT2D eigenvalue weighted by molar-refractivity contribution is 0.0429. The zero-order chi connectivity index (χ0) is 12.3. The van der Waals surface area contributed by atoms with Gasteiger partial charge in [-0.05, 0) is 12.1 Å². The monoisotopic (exact) mass is 235 g/mol. The quantitative estimate of drug-likeness (QED) is 0.741. The third-order valence-corrected chi connectivity index (χ3v) is 2.65. The maximum absolute atomic E-state index is 11.6.